The van der Waals surface area contributed by atoms with Crippen molar-refractivity contribution in [2.75, 3.05) is 6.61 Å². The standard InChI is InChI=1S/C23H32O3Si/c1-19(13-12-18-25-20(2)24)26-27(23(3,4)5,21-14-8-6-9-15-21)22-16-10-7-11-17-22/h6-11,14-17,19H,12-13,18H2,1-5H3/t19-/m0/s1. The van der Waals surface area contributed by atoms with E-state index in [0.29, 0.717) is 6.61 Å². The van der Waals surface area contributed by atoms with Gasteiger partial charge < -0.3 is 9.16 Å². The first-order valence-electron chi connectivity index (χ1n) is 9.69. The van der Waals surface area contributed by atoms with Crippen LogP contribution in [0.4, 0.5) is 0 Å². The highest BCUT2D eigenvalue weighted by molar-refractivity contribution is 6.99. The van der Waals surface area contributed by atoms with E-state index in [1.54, 1.807) is 0 Å². The highest BCUT2D eigenvalue weighted by Gasteiger charge is 2.50. The molecule has 4 heteroatoms. The number of esters is 1. The molecule has 3 nitrogen and oxygen atoms in total. The minimum Gasteiger partial charge on any atom is -0.466 e. The van der Waals surface area contributed by atoms with Gasteiger partial charge in [-0.3, -0.25) is 4.79 Å². The van der Waals surface area contributed by atoms with E-state index in [0.717, 1.165) is 12.8 Å². The summed E-state index contributed by atoms with van der Waals surface area (Å²) < 4.78 is 12.1. The molecule has 2 rings (SSSR count). The second-order valence-electron chi connectivity index (χ2n) is 8.07. The summed E-state index contributed by atoms with van der Waals surface area (Å²) in [7, 11) is -2.50. The largest absolute Gasteiger partial charge is 0.466 e. The molecule has 146 valence electrons. The van der Waals surface area contributed by atoms with Gasteiger partial charge in [-0.15, -0.1) is 0 Å². The lowest BCUT2D eigenvalue weighted by molar-refractivity contribution is -0.141. The first-order valence-corrected chi connectivity index (χ1v) is 11.6. The molecule has 0 fully saturated rings. The molecule has 0 heterocycles. The van der Waals surface area contributed by atoms with Gasteiger partial charge in [0.25, 0.3) is 8.32 Å². The van der Waals surface area contributed by atoms with Crippen LogP contribution < -0.4 is 10.4 Å². The summed E-state index contributed by atoms with van der Waals surface area (Å²) in [6.07, 6.45) is 1.74. The predicted molar refractivity (Wildman–Crippen MR) is 114 cm³/mol. The molecule has 0 N–H and O–H groups in total. The summed E-state index contributed by atoms with van der Waals surface area (Å²) in [6, 6.07) is 21.3. The molecule has 0 aliphatic heterocycles. The predicted octanol–water partition coefficient (Wildman–Crippen LogP) is 4.29. The number of hydrogen-bond donors (Lipinski definition) is 0. The number of benzene rings is 2. The summed E-state index contributed by atoms with van der Waals surface area (Å²) in [6.45, 7) is 10.9. The number of ether oxygens (including phenoxy) is 1. The fourth-order valence-electron chi connectivity index (χ4n) is 3.64. The summed E-state index contributed by atoms with van der Waals surface area (Å²) in [5.74, 6) is -0.226. The minimum atomic E-state index is -2.50. The van der Waals surface area contributed by atoms with Gasteiger partial charge in [-0.2, -0.15) is 0 Å². The average molecular weight is 385 g/mol. The van der Waals surface area contributed by atoms with E-state index >= 15 is 0 Å². The van der Waals surface area contributed by atoms with Crippen molar-refractivity contribution in [3.8, 4) is 0 Å². The zero-order chi connectivity index (χ0) is 19.9. The molecule has 27 heavy (non-hydrogen) atoms. The average Bonchev–Trinajstić information content (AvgIpc) is 2.63. The maximum Gasteiger partial charge on any atom is 0.302 e. The highest BCUT2D eigenvalue weighted by Crippen LogP contribution is 2.37. The maximum atomic E-state index is 11.0. The van der Waals surface area contributed by atoms with E-state index in [4.69, 9.17) is 9.16 Å². The summed E-state index contributed by atoms with van der Waals surface area (Å²) in [5, 5.41) is 2.55. The molecule has 2 aromatic carbocycles. The van der Waals surface area contributed by atoms with E-state index in [9.17, 15) is 4.79 Å². The van der Waals surface area contributed by atoms with E-state index in [1.807, 2.05) is 0 Å². The monoisotopic (exact) mass is 384 g/mol. The summed E-state index contributed by atoms with van der Waals surface area (Å²) in [5.41, 5.74) is 0. The lowest BCUT2D eigenvalue weighted by atomic mass is 10.2. The summed E-state index contributed by atoms with van der Waals surface area (Å²) >= 11 is 0. The van der Waals surface area contributed by atoms with Crippen molar-refractivity contribution in [1.29, 1.82) is 0 Å². The quantitative estimate of drug-likeness (QED) is 0.387. The smallest absolute Gasteiger partial charge is 0.302 e. The molecule has 0 saturated carbocycles. The Morgan fingerprint density at radius 3 is 1.85 bits per heavy atom. The molecule has 1 atom stereocenters. The molecule has 0 aliphatic carbocycles. The first-order chi connectivity index (χ1) is 12.8. The van der Waals surface area contributed by atoms with Gasteiger partial charge in [0.1, 0.15) is 0 Å². The molecule has 0 unspecified atom stereocenters. The molecular weight excluding hydrogens is 352 g/mol. The van der Waals surface area contributed by atoms with Crippen LogP contribution in [0.5, 0.6) is 0 Å². The molecule has 0 saturated heterocycles. The van der Waals surface area contributed by atoms with Crippen LogP contribution in [0.2, 0.25) is 5.04 Å². The van der Waals surface area contributed by atoms with Gasteiger partial charge in [-0.1, -0.05) is 81.4 Å². The van der Waals surface area contributed by atoms with Crippen molar-refractivity contribution in [2.24, 2.45) is 0 Å². The van der Waals surface area contributed by atoms with Gasteiger partial charge >= 0.3 is 5.97 Å². The van der Waals surface area contributed by atoms with Crippen LogP contribution >= 0.6 is 0 Å². The second-order valence-corrected chi connectivity index (χ2v) is 12.3. The topological polar surface area (TPSA) is 35.5 Å². The van der Waals surface area contributed by atoms with Crippen LogP contribution in [0, 0.1) is 0 Å². The Hall–Kier alpha value is -1.91. The van der Waals surface area contributed by atoms with Crippen LogP contribution in [-0.4, -0.2) is 27.0 Å². The third-order valence-electron chi connectivity index (χ3n) is 4.86. The van der Waals surface area contributed by atoms with Crippen molar-refractivity contribution >= 4 is 24.7 Å². The Morgan fingerprint density at radius 1 is 0.963 bits per heavy atom. The SMILES string of the molecule is CC(=O)OCCC[C@H](C)O[Si](c1ccccc1)(c1ccccc1)C(C)(C)C. The van der Waals surface area contributed by atoms with Crippen LogP contribution in [0.1, 0.15) is 47.5 Å². The molecule has 0 spiro atoms. The zero-order valence-electron chi connectivity index (χ0n) is 17.2. The van der Waals surface area contributed by atoms with E-state index in [2.05, 4.69) is 88.4 Å². The molecule has 0 aromatic heterocycles. The van der Waals surface area contributed by atoms with Gasteiger partial charge in [-0.25, -0.2) is 0 Å². The third kappa shape index (κ3) is 5.30. The third-order valence-corrected chi connectivity index (χ3v) is 10.0. The Morgan fingerprint density at radius 2 is 1.44 bits per heavy atom. The van der Waals surface area contributed by atoms with Crippen LogP contribution in [-0.2, 0) is 14.0 Å². The number of rotatable bonds is 8. The van der Waals surface area contributed by atoms with Crippen molar-refractivity contribution in [1.82, 2.24) is 0 Å². The normalized spacial score (nSPS) is 13.2. The Balaban J connectivity index is 2.36. The second kappa shape index (κ2) is 9.33. The number of carbonyl (C=O) groups is 1. The van der Waals surface area contributed by atoms with Crippen molar-refractivity contribution in [3.05, 3.63) is 60.7 Å². The van der Waals surface area contributed by atoms with Gasteiger partial charge in [0.15, 0.2) is 0 Å². The molecule has 0 aliphatic rings. The molecule has 0 bridgehead atoms. The van der Waals surface area contributed by atoms with E-state index in [-0.39, 0.29) is 17.1 Å². The lowest BCUT2D eigenvalue weighted by Crippen LogP contribution is -2.67. The van der Waals surface area contributed by atoms with Gasteiger partial charge in [0.05, 0.1) is 6.61 Å². The van der Waals surface area contributed by atoms with Crippen LogP contribution in [0.3, 0.4) is 0 Å². The molecular formula is C23H32O3Si. The molecule has 2 aromatic rings. The Bertz CT molecular complexity index is 668. The van der Waals surface area contributed by atoms with E-state index in [1.165, 1.54) is 17.3 Å². The van der Waals surface area contributed by atoms with Gasteiger partial charge in [0.2, 0.25) is 0 Å². The fraction of sp³-hybridized carbons (Fsp3) is 0.435. The maximum absolute atomic E-state index is 11.0. The lowest BCUT2D eigenvalue weighted by Gasteiger charge is -2.44. The Labute approximate surface area is 164 Å². The van der Waals surface area contributed by atoms with E-state index < -0.39 is 8.32 Å². The Kier molecular flexibility index (Phi) is 7.39. The molecule has 0 radical (unpaired) electrons. The van der Waals surface area contributed by atoms with Crippen molar-refractivity contribution in [2.45, 2.75) is 58.6 Å². The fourth-order valence-corrected chi connectivity index (χ4v) is 8.37. The summed E-state index contributed by atoms with van der Waals surface area (Å²) in [4.78, 5) is 11.0. The van der Waals surface area contributed by atoms with Crippen molar-refractivity contribution in [3.63, 3.8) is 0 Å². The van der Waals surface area contributed by atoms with Gasteiger partial charge in [-0.05, 0) is 35.2 Å². The molecule has 0 amide bonds. The first kappa shape index (κ1) is 21.4. The number of carbonyl (C=O) groups excluding carboxylic acids is 1. The number of hydrogen-bond acceptors (Lipinski definition) is 3. The van der Waals surface area contributed by atoms with Crippen molar-refractivity contribution < 1.29 is 14.0 Å². The van der Waals surface area contributed by atoms with Crippen LogP contribution in [0.15, 0.2) is 60.7 Å². The minimum absolute atomic E-state index is 0.0279. The highest BCUT2D eigenvalue weighted by atomic mass is 28.4. The zero-order valence-corrected chi connectivity index (χ0v) is 18.2. The van der Waals surface area contributed by atoms with Gasteiger partial charge in [0, 0.05) is 13.0 Å². The van der Waals surface area contributed by atoms with Crippen LogP contribution in [0.25, 0.3) is 0 Å².